The van der Waals surface area contributed by atoms with E-state index in [4.69, 9.17) is 11.6 Å². The average Bonchev–Trinajstić information content (AvgIpc) is 3.13. The molecule has 0 saturated heterocycles. The van der Waals surface area contributed by atoms with Crippen LogP contribution in [0.15, 0.2) is 30.5 Å². The maximum absolute atomic E-state index is 12.5. The molecule has 0 radical (unpaired) electrons. The van der Waals surface area contributed by atoms with Crippen molar-refractivity contribution >= 4 is 35.0 Å². The summed E-state index contributed by atoms with van der Waals surface area (Å²) in [5, 5.41) is 10.1. The average molecular weight is 431 g/mol. The van der Waals surface area contributed by atoms with E-state index in [9.17, 15) is 4.79 Å². The van der Waals surface area contributed by atoms with Gasteiger partial charge in [0, 0.05) is 24.3 Å². The van der Waals surface area contributed by atoms with Crippen molar-refractivity contribution in [1.82, 2.24) is 20.2 Å². The summed E-state index contributed by atoms with van der Waals surface area (Å²) in [4.78, 5) is 23.5. The Balaban J connectivity index is 1.68. The highest BCUT2D eigenvalue weighted by Crippen LogP contribution is 2.31. The summed E-state index contributed by atoms with van der Waals surface area (Å²) in [5.41, 5.74) is 2.14. The summed E-state index contributed by atoms with van der Waals surface area (Å²) in [5.74, 6) is 1.01. The van der Waals surface area contributed by atoms with Crippen LogP contribution in [-0.4, -0.2) is 47.0 Å². The zero-order valence-corrected chi connectivity index (χ0v) is 18.8. The van der Waals surface area contributed by atoms with Gasteiger partial charge in [0.25, 0.3) is 0 Å². The van der Waals surface area contributed by atoms with Crippen molar-refractivity contribution in [3.05, 3.63) is 41.0 Å². The number of nitrogens with one attached hydrogen (secondary N) is 3. The maximum Gasteiger partial charge on any atom is 0.229 e. The number of carbonyl (C=O) groups is 1. The number of aromatic nitrogens is 2. The molecule has 0 unspecified atom stereocenters. The molecule has 3 rings (SSSR count). The van der Waals surface area contributed by atoms with E-state index in [1.54, 1.807) is 6.20 Å². The van der Waals surface area contributed by atoms with Gasteiger partial charge in [-0.05, 0) is 58.5 Å². The molecule has 1 aliphatic carbocycles. The minimum absolute atomic E-state index is 0.00863. The smallest absolute Gasteiger partial charge is 0.229 e. The van der Waals surface area contributed by atoms with Crippen molar-refractivity contribution in [2.75, 3.05) is 24.7 Å². The third-order valence-corrected chi connectivity index (χ3v) is 5.34. The summed E-state index contributed by atoms with van der Waals surface area (Å²) in [7, 11) is 4.09. The Kier molecular flexibility index (Phi) is 7.50. The number of rotatable bonds is 8. The second-order valence-corrected chi connectivity index (χ2v) is 8.81. The van der Waals surface area contributed by atoms with Gasteiger partial charge >= 0.3 is 0 Å². The molecule has 0 bridgehead atoms. The lowest BCUT2D eigenvalue weighted by atomic mass is 10.0. The van der Waals surface area contributed by atoms with Crippen LogP contribution in [0.4, 0.5) is 17.5 Å². The van der Waals surface area contributed by atoms with E-state index in [1.807, 2.05) is 40.1 Å². The number of halogens is 1. The second kappa shape index (κ2) is 10.1. The number of anilines is 3. The molecule has 1 amide bonds. The first-order valence-electron chi connectivity index (χ1n) is 10.4. The van der Waals surface area contributed by atoms with Crippen molar-refractivity contribution in [3.63, 3.8) is 0 Å². The van der Waals surface area contributed by atoms with E-state index in [-0.39, 0.29) is 23.9 Å². The van der Waals surface area contributed by atoms with Gasteiger partial charge in [-0.25, -0.2) is 4.98 Å². The lowest BCUT2D eigenvalue weighted by Crippen LogP contribution is -2.41. The molecular weight excluding hydrogens is 400 g/mol. The molecule has 8 heteroatoms. The topological polar surface area (TPSA) is 82.2 Å². The fourth-order valence-corrected chi connectivity index (χ4v) is 3.88. The summed E-state index contributed by atoms with van der Waals surface area (Å²) in [6, 6.07) is 8.30. The van der Waals surface area contributed by atoms with Crippen molar-refractivity contribution in [2.24, 2.45) is 5.92 Å². The molecule has 1 saturated carbocycles. The van der Waals surface area contributed by atoms with Crippen LogP contribution in [0, 0.1) is 5.92 Å². The van der Waals surface area contributed by atoms with Gasteiger partial charge in [0.05, 0.1) is 12.1 Å². The number of hydrogen-bond acceptors (Lipinski definition) is 6. The van der Waals surface area contributed by atoms with E-state index in [1.165, 1.54) is 5.56 Å². The minimum Gasteiger partial charge on any atom is -0.365 e. The first-order valence-corrected chi connectivity index (χ1v) is 10.8. The van der Waals surface area contributed by atoms with Crippen molar-refractivity contribution in [2.45, 2.75) is 51.7 Å². The van der Waals surface area contributed by atoms with Crippen molar-refractivity contribution in [3.8, 4) is 0 Å². The van der Waals surface area contributed by atoms with Crippen LogP contribution < -0.4 is 16.0 Å². The highest BCUT2D eigenvalue weighted by molar-refractivity contribution is 6.32. The van der Waals surface area contributed by atoms with Crippen molar-refractivity contribution in [1.29, 1.82) is 0 Å². The number of amides is 1. The fraction of sp³-hybridized carbons (Fsp3) is 0.500. The van der Waals surface area contributed by atoms with Gasteiger partial charge in [-0.1, -0.05) is 30.2 Å². The molecule has 2 aromatic rings. The van der Waals surface area contributed by atoms with Crippen LogP contribution in [-0.2, 0) is 11.3 Å². The summed E-state index contributed by atoms with van der Waals surface area (Å²) in [6.07, 6.45) is 4.36. The minimum atomic E-state index is -0.0842. The van der Waals surface area contributed by atoms with Crippen LogP contribution >= 0.6 is 11.6 Å². The molecule has 1 heterocycles. The predicted octanol–water partition coefficient (Wildman–Crippen LogP) is 4.04. The standard InChI is InChI=1S/C22H31ClN6O/c1-14(2)25-21(30)17-6-5-7-19(17)27-20-18(23)12-24-22(28-20)26-16-10-8-15(9-11-16)13-29(3)4/h8-12,14,17,19H,5-7,13H2,1-4H3,(H,25,30)(H2,24,26,27,28)/t17-,19+/m0/s1. The zero-order valence-electron chi connectivity index (χ0n) is 18.1. The molecule has 1 fully saturated rings. The summed E-state index contributed by atoms with van der Waals surface area (Å²) in [6.45, 7) is 4.84. The number of benzene rings is 1. The Labute approximate surface area is 183 Å². The van der Waals surface area contributed by atoms with Crippen LogP contribution in [0.1, 0.15) is 38.7 Å². The monoisotopic (exact) mass is 430 g/mol. The molecule has 7 nitrogen and oxygen atoms in total. The SMILES string of the molecule is CC(C)NC(=O)[C@H]1CCC[C@H]1Nc1nc(Nc2ccc(CN(C)C)cc2)ncc1Cl. The van der Waals surface area contributed by atoms with E-state index >= 15 is 0 Å². The molecule has 1 aromatic heterocycles. The lowest BCUT2D eigenvalue weighted by Gasteiger charge is -2.22. The summed E-state index contributed by atoms with van der Waals surface area (Å²) < 4.78 is 0. The highest BCUT2D eigenvalue weighted by atomic mass is 35.5. The van der Waals surface area contributed by atoms with Gasteiger partial charge < -0.3 is 20.9 Å². The second-order valence-electron chi connectivity index (χ2n) is 8.40. The third kappa shape index (κ3) is 6.06. The van der Waals surface area contributed by atoms with Crippen molar-refractivity contribution < 1.29 is 4.79 Å². The van der Waals surface area contributed by atoms with Gasteiger partial charge in [-0.2, -0.15) is 4.98 Å². The van der Waals surface area contributed by atoms with E-state index in [0.29, 0.717) is 16.8 Å². The number of hydrogen-bond donors (Lipinski definition) is 3. The van der Waals surface area contributed by atoms with Gasteiger partial charge in [0.1, 0.15) is 5.02 Å². The number of carbonyl (C=O) groups excluding carboxylic acids is 1. The first-order chi connectivity index (χ1) is 14.3. The van der Waals surface area contributed by atoms with E-state index in [2.05, 4.69) is 43.0 Å². The van der Waals surface area contributed by atoms with Gasteiger partial charge in [0.15, 0.2) is 5.82 Å². The molecule has 1 aliphatic rings. The molecular formula is C22H31ClN6O. The Morgan fingerprint density at radius 3 is 2.63 bits per heavy atom. The number of nitrogens with zero attached hydrogens (tertiary/aromatic N) is 3. The predicted molar refractivity (Wildman–Crippen MR) is 122 cm³/mol. The van der Waals surface area contributed by atoms with E-state index < -0.39 is 0 Å². The quantitative estimate of drug-likeness (QED) is 0.586. The highest BCUT2D eigenvalue weighted by Gasteiger charge is 2.33. The lowest BCUT2D eigenvalue weighted by molar-refractivity contribution is -0.125. The first kappa shape index (κ1) is 22.3. The largest absolute Gasteiger partial charge is 0.365 e. The Bertz CT molecular complexity index is 855. The molecule has 3 N–H and O–H groups in total. The molecule has 1 aromatic carbocycles. The fourth-order valence-electron chi connectivity index (χ4n) is 3.73. The van der Waals surface area contributed by atoms with Crippen LogP contribution in [0.25, 0.3) is 0 Å². The molecule has 30 heavy (non-hydrogen) atoms. The van der Waals surface area contributed by atoms with Gasteiger partial charge in [0.2, 0.25) is 11.9 Å². The van der Waals surface area contributed by atoms with Crippen LogP contribution in [0.5, 0.6) is 0 Å². The molecule has 162 valence electrons. The molecule has 0 aliphatic heterocycles. The summed E-state index contributed by atoms with van der Waals surface area (Å²) >= 11 is 6.34. The maximum atomic E-state index is 12.5. The molecule has 2 atom stereocenters. The Hall–Kier alpha value is -2.38. The van der Waals surface area contributed by atoms with Gasteiger partial charge in [-0.15, -0.1) is 0 Å². The zero-order chi connectivity index (χ0) is 21.7. The third-order valence-electron chi connectivity index (χ3n) is 5.06. The van der Waals surface area contributed by atoms with Crippen LogP contribution in [0.2, 0.25) is 5.02 Å². The normalized spacial score (nSPS) is 18.6. The Morgan fingerprint density at radius 1 is 1.23 bits per heavy atom. The van der Waals surface area contributed by atoms with E-state index in [0.717, 1.165) is 31.5 Å². The Morgan fingerprint density at radius 2 is 1.97 bits per heavy atom. The molecule has 0 spiro atoms. The van der Waals surface area contributed by atoms with Gasteiger partial charge in [-0.3, -0.25) is 4.79 Å². The van der Waals surface area contributed by atoms with Crippen LogP contribution in [0.3, 0.4) is 0 Å².